The van der Waals surface area contributed by atoms with E-state index in [0.717, 1.165) is 15.6 Å². The molecule has 66 valence electrons. The van der Waals surface area contributed by atoms with Crippen LogP contribution in [0.4, 0.5) is 4.39 Å². The number of nitrogens with two attached hydrogens (primary N) is 1. The Bertz CT molecular complexity index is 310. The quantitative estimate of drug-likeness (QED) is 0.791. The largest absolute Gasteiger partial charge is 0.326 e. The lowest BCUT2D eigenvalue weighted by Gasteiger charge is -2.08. The maximum Gasteiger partial charge on any atom is 0.127 e. The first-order valence-corrected chi connectivity index (χ1v) is 4.51. The van der Waals surface area contributed by atoms with Gasteiger partial charge in [0.15, 0.2) is 0 Å². The van der Waals surface area contributed by atoms with E-state index in [9.17, 15) is 4.39 Å². The van der Waals surface area contributed by atoms with Crippen LogP contribution in [0, 0.1) is 19.7 Å². The molecule has 12 heavy (non-hydrogen) atoms. The molecule has 0 aliphatic heterocycles. The molecule has 0 amide bonds. The maximum atomic E-state index is 13.1. The molecule has 0 unspecified atom stereocenters. The van der Waals surface area contributed by atoms with Gasteiger partial charge in [-0.05, 0) is 36.6 Å². The third-order valence-electron chi connectivity index (χ3n) is 2.02. The van der Waals surface area contributed by atoms with Crippen LogP contribution in [0.15, 0.2) is 10.5 Å². The molecule has 0 heterocycles. The van der Waals surface area contributed by atoms with Gasteiger partial charge in [0.05, 0.1) is 0 Å². The minimum atomic E-state index is -0.201. The third kappa shape index (κ3) is 1.52. The van der Waals surface area contributed by atoms with Crippen molar-refractivity contribution in [3.63, 3.8) is 0 Å². The van der Waals surface area contributed by atoms with Crippen LogP contribution in [0.1, 0.15) is 16.7 Å². The van der Waals surface area contributed by atoms with Crippen molar-refractivity contribution in [2.45, 2.75) is 20.4 Å². The molecule has 0 aliphatic carbocycles. The van der Waals surface area contributed by atoms with Crippen LogP contribution < -0.4 is 5.73 Å². The topological polar surface area (TPSA) is 26.0 Å². The first kappa shape index (κ1) is 9.68. The number of rotatable bonds is 1. The van der Waals surface area contributed by atoms with Gasteiger partial charge in [0.1, 0.15) is 5.82 Å². The van der Waals surface area contributed by atoms with E-state index in [0.29, 0.717) is 12.1 Å². The number of benzene rings is 1. The molecule has 0 saturated heterocycles. The smallest absolute Gasteiger partial charge is 0.127 e. The molecule has 0 bridgehead atoms. The lowest BCUT2D eigenvalue weighted by molar-refractivity contribution is 0.614. The predicted molar refractivity (Wildman–Crippen MR) is 51.5 cm³/mol. The fraction of sp³-hybridized carbons (Fsp3) is 0.333. The third-order valence-corrected chi connectivity index (χ3v) is 3.21. The molecular formula is C9H11BrFN. The Balaban J connectivity index is 3.39. The summed E-state index contributed by atoms with van der Waals surface area (Å²) in [6, 6.07) is 1.50. The molecule has 0 atom stereocenters. The lowest BCUT2D eigenvalue weighted by Crippen LogP contribution is -2.02. The summed E-state index contributed by atoms with van der Waals surface area (Å²) in [6.07, 6.45) is 0. The first-order valence-electron chi connectivity index (χ1n) is 3.72. The van der Waals surface area contributed by atoms with Crippen molar-refractivity contribution >= 4 is 15.9 Å². The Kier molecular flexibility index (Phi) is 2.85. The summed E-state index contributed by atoms with van der Waals surface area (Å²) in [5.74, 6) is -0.201. The summed E-state index contributed by atoms with van der Waals surface area (Å²) in [5.41, 5.74) is 7.97. The summed E-state index contributed by atoms with van der Waals surface area (Å²) in [6.45, 7) is 4.05. The van der Waals surface area contributed by atoms with Gasteiger partial charge in [-0.3, -0.25) is 0 Å². The molecule has 2 N–H and O–H groups in total. The van der Waals surface area contributed by atoms with Crippen LogP contribution in [-0.4, -0.2) is 0 Å². The molecule has 0 saturated carbocycles. The predicted octanol–water partition coefficient (Wildman–Crippen LogP) is 2.66. The maximum absolute atomic E-state index is 13.1. The van der Waals surface area contributed by atoms with Crippen LogP contribution in [0.5, 0.6) is 0 Å². The van der Waals surface area contributed by atoms with E-state index in [1.807, 2.05) is 6.92 Å². The molecule has 1 nitrogen and oxygen atoms in total. The molecule has 0 aromatic heterocycles. The Morgan fingerprint density at radius 2 is 2.00 bits per heavy atom. The Hall–Kier alpha value is -0.410. The van der Waals surface area contributed by atoms with Crippen LogP contribution in [0.3, 0.4) is 0 Å². The van der Waals surface area contributed by atoms with Crippen molar-refractivity contribution in [2.24, 2.45) is 5.73 Å². The second-order valence-electron chi connectivity index (χ2n) is 2.79. The first-order chi connectivity index (χ1) is 5.57. The van der Waals surface area contributed by atoms with Crippen LogP contribution in [0.2, 0.25) is 0 Å². The van der Waals surface area contributed by atoms with Gasteiger partial charge >= 0.3 is 0 Å². The summed E-state index contributed by atoms with van der Waals surface area (Å²) in [5, 5.41) is 0. The summed E-state index contributed by atoms with van der Waals surface area (Å²) < 4.78 is 13.9. The van der Waals surface area contributed by atoms with Crippen LogP contribution in [0.25, 0.3) is 0 Å². The van der Waals surface area contributed by atoms with Crippen LogP contribution >= 0.6 is 15.9 Å². The highest BCUT2D eigenvalue weighted by Gasteiger charge is 2.08. The average Bonchev–Trinajstić information content (AvgIpc) is 2.08. The van der Waals surface area contributed by atoms with Gasteiger partial charge < -0.3 is 5.73 Å². The van der Waals surface area contributed by atoms with Crippen molar-refractivity contribution in [1.29, 1.82) is 0 Å². The van der Waals surface area contributed by atoms with Crippen molar-refractivity contribution in [3.8, 4) is 0 Å². The average molecular weight is 232 g/mol. The zero-order valence-electron chi connectivity index (χ0n) is 7.12. The van der Waals surface area contributed by atoms with E-state index >= 15 is 0 Å². The lowest BCUT2D eigenvalue weighted by atomic mass is 10.1. The van der Waals surface area contributed by atoms with Gasteiger partial charge in [0, 0.05) is 11.0 Å². The Labute approximate surface area is 79.9 Å². The monoisotopic (exact) mass is 231 g/mol. The number of halogens is 2. The molecule has 1 aromatic carbocycles. The van der Waals surface area contributed by atoms with E-state index < -0.39 is 0 Å². The van der Waals surface area contributed by atoms with Gasteiger partial charge in [0.25, 0.3) is 0 Å². The SMILES string of the molecule is Cc1c(F)cc(CN)c(C)c1Br. The Morgan fingerprint density at radius 1 is 1.42 bits per heavy atom. The molecular weight excluding hydrogens is 221 g/mol. The molecule has 1 aromatic rings. The fourth-order valence-corrected chi connectivity index (χ4v) is 1.55. The molecule has 0 spiro atoms. The van der Waals surface area contributed by atoms with Gasteiger partial charge in [0.2, 0.25) is 0 Å². The molecule has 0 radical (unpaired) electrons. The van der Waals surface area contributed by atoms with Gasteiger partial charge in [-0.2, -0.15) is 0 Å². The standard InChI is InChI=1S/C9H11BrFN/c1-5-7(4-12)3-8(11)6(2)9(5)10/h3H,4,12H2,1-2H3. The highest BCUT2D eigenvalue weighted by molar-refractivity contribution is 9.10. The zero-order chi connectivity index (χ0) is 9.30. The number of hydrogen-bond donors (Lipinski definition) is 1. The van der Waals surface area contributed by atoms with E-state index in [2.05, 4.69) is 15.9 Å². The fourth-order valence-electron chi connectivity index (χ4n) is 1.11. The number of hydrogen-bond acceptors (Lipinski definition) is 1. The van der Waals surface area contributed by atoms with Crippen molar-refractivity contribution < 1.29 is 4.39 Å². The second kappa shape index (κ2) is 3.54. The zero-order valence-corrected chi connectivity index (χ0v) is 8.70. The highest BCUT2D eigenvalue weighted by atomic mass is 79.9. The Morgan fingerprint density at radius 3 is 2.50 bits per heavy atom. The summed E-state index contributed by atoms with van der Waals surface area (Å²) in [7, 11) is 0. The van der Waals surface area contributed by atoms with E-state index in [4.69, 9.17) is 5.73 Å². The molecule has 0 aliphatic rings. The summed E-state index contributed by atoms with van der Waals surface area (Å²) >= 11 is 3.33. The molecule has 3 heteroatoms. The highest BCUT2D eigenvalue weighted by Crippen LogP contribution is 2.26. The van der Waals surface area contributed by atoms with Gasteiger partial charge in [-0.25, -0.2) is 4.39 Å². The van der Waals surface area contributed by atoms with Crippen molar-refractivity contribution in [1.82, 2.24) is 0 Å². The van der Waals surface area contributed by atoms with Gasteiger partial charge in [-0.15, -0.1) is 0 Å². The van der Waals surface area contributed by atoms with E-state index in [1.54, 1.807) is 6.92 Å². The molecule has 0 fully saturated rings. The van der Waals surface area contributed by atoms with Crippen LogP contribution in [-0.2, 0) is 6.54 Å². The summed E-state index contributed by atoms with van der Waals surface area (Å²) in [4.78, 5) is 0. The second-order valence-corrected chi connectivity index (χ2v) is 3.58. The van der Waals surface area contributed by atoms with Crippen molar-refractivity contribution in [3.05, 3.63) is 33.0 Å². The minimum absolute atomic E-state index is 0.201. The van der Waals surface area contributed by atoms with Gasteiger partial charge in [-0.1, -0.05) is 15.9 Å². The minimum Gasteiger partial charge on any atom is -0.326 e. The normalized spacial score (nSPS) is 10.4. The van der Waals surface area contributed by atoms with E-state index in [1.165, 1.54) is 6.07 Å². The van der Waals surface area contributed by atoms with E-state index in [-0.39, 0.29) is 5.82 Å². The van der Waals surface area contributed by atoms with Crippen molar-refractivity contribution in [2.75, 3.05) is 0 Å². The molecule has 1 rings (SSSR count).